The van der Waals surface area contributed by atoms with Crippen molar-refractivity contribution in [2.45, 2.75) is 55.6 Å². The fourth-order valence-corrected chi connectivity index (χ4v) is 4.52. The maximum Gasteiger partial charge on any atom is 0.103 e. The highest BCUT2D eigenvalue weighted by Crippen LogP contribution is 2.35. The number of rotatable bonds is 4. The first-order chi connectivity index (χ1) is 10.3. The molecular weight excluding hydrogens is 278 g/mol. The van der Waals surface area contributed by atoms with E-state index in [9.17, 15) is 5.26 Å². The molecule has 2 bridgehead atoms. The molecule has 3 rings (SSSR count). The van der Waals surface area contributed by atoms with E-state index in [1.54, 1.807) is 11.8 Å². The molecule has 0 aromatic heterocycles. The molecule has 0 saturated carbocycles. The van der Waals surface area contributed by atoms with Crippen molar-refractivity contribution in [1.29, 1.82) is 5.26 Å². The molecule has 2 aliphatic heterocycles. The SMILES string of the molecule is CCN(c1cccc(SC)c1C#N)C1CC2CCC(C1)N2. The summed E-state index contributed by atoms with van der Waals surface area (Å²) in [4.78, 5) is 3.55. The lowest BCUT2D eigenvalue weighted by Crippen LogP contribution is -2.48. The van der Waals surface area contributed by atoms with E-state index in [1.165, 1.54) is 25.7 Å². The van der Waals surface area contributed by atoms with Crippen LogP contribution in [0.15, 0.2) is 23.1 Å². The number of benzene rings is 1. The summed E-state index contributed by atoms with van der Waals surface area (Å²) < 4.78 is 0. The Morgan fingerprint density at radius 2 is 2.05 bits per heavy atom. The Balaban J connectivity index is 1.92. The van der Waals surface area contributed by atoms with Gasteiger partial charge in [-0.1, -0.05) is 6.07 Å². The summed E-state index contributed by atoms with van der Waals surface area (Å²) in [6.45, 7) is 3.17. The lowest BCUT2D eigenvalue weighted by atomic mass is 9.97. The Bertz CT molecular complexity index is 539. The van der Waals surface area contributed by atoms with E-state index in [1.807, 2.05) is 12.3 Å². The second-order valence-electron chi connectivity index (χ2n) is 6.02. The Hall–Kier alpha value is -1.18. The number of nitriles is 1. The molecule has 2 heterocycles. The van der Waals surface area contributed by atoms with Crippen LogP contribution in [-0.2, 0) is 0 Å². The zero-order valence-corrected chi connectivity index (χ0v) is 13.6. The van der Waals surface area contributed by atoms with Crippen LogP contribution in [0, 0.1) is 11.3 Å². The first-order valence-electron chi connectivity index (χ1n) is 7.86. The Morgan fingerprint density at radius 3 is 2.62 bits per heavy atom. The summed E-state index contributed by atoms with van der Waals surface area (Å²) >= 11 is 1.66. The fourth-order valence-electron chi connectivity index (χ4n) is 3.95. The Morgan fingerprint density at radius 1 is 1.33 bits per heavy atom. The van der Waals surface area contributed by atoms with Crippen LogP contribution < -0.4 is 10.2 Å². The first kappa shape index (κ1) is 14.7. The van der Waals surface area contributed by atoms with E-state index in [2.05, 4.69) is 35.3 Å². The molecule has 2 unspecified atom stereocenters. The molecule has 2 aliphatic rings. The molecule has 2 fully saturated rings. The van der Waals surface area contributed by atoms with Crippen LogP contribution in [-0.4, -0.2) is 30.9 Å². The summed E-state index contributed by atoms with van der Waals surface area (Å²) in [6.07, 6.45) is 7.09. The molecule has 4 heteroatoms. The fraction of sp³-hybridized carbons (Fsp3) is 0.588. The van der Waals surface area contributed by atoms with Crippen molar-refractivity contribution in [1.82, 2.24) is 5.32 Å². The van der Waals surface area contributed by atoms with Gasteiger partial charge in [-0.05, 0) is 51.0 Å². The average Bonchev–Trinajstić information content (AvgIpc) is 2.86. The number of thioether (sulfide) groups is 1. The zero-order valence-electron chi connectivity index (χ0n) is 12.8. The van der Waals surface area contributed by atoms with Crippen LogP contribution in [0.2, 0.25) is 0 Å². The summed E-state index contributed by atoms with van der Waals surface area (Å²) in [5.41, 5.74) is 1.97. The van der Waals surface area contributed by atoms with Gasteiger partial charge in [-0.15, -0.1) is 11.8 Å². The highest BCUT2D eigenvalue weighted by atomic mass is 32.2. The van der Waals surface area contributed by atoms with Crippen LogP contribution in [0.25, 0.3) is 0 Å². The van der Waals surface area contributed by atoms with Crippen LogP contribution in [0.4, 0.5) is 5.69 Å². The number of hydrogen-bond donors (Lipinski definition) is 1. The number of piperidine rings is 1. The van der Waals surface area contributed by atoms with Crippen molar-refractivity contribution in [3.05, 3.63) is 23.8 Å². The molecule has 3 nitrogen and oxygen atoms in total. The lowest BCUT2D eigenvalue weighted by Gasteiger charge is -2.39. The van der Waals surface area contributed by atoms with Gasteiger partial charge in [0, 0.05) is 29.6 Å². The molecular formula is C17H23N3S. The van der Waals surface area contributed by atoms with E-state index in [-0.39, 0.29) is 0 Å². The monoisotopic (exact) mass is 301 g/mol. The molecule has 0 aliphatic carbocycles. The average molecular weight is 301 g/mol. The van der Waals surface area contributed by atoms with Gasteiger partial charge in [0.05, 0.1) is 11.3 Å². The smallest absolute Gasteiger partial charge is 0.103 e. The van der Waals surface area contributed by atoms with Crippen molar-refractivity contribution in [2.24, 2.45) is 0 Å². The van der Waals surface area contributed by atoms with E-state index in [4.69, 9.17) is 0 Å². The van der Waals surface area contributed by atoms with Gasteiger partial charge in [-0.25, -0.2) is 0 Å². The second-order valence-corrected chi connectivity index (χ2v) is 6.86. The van der Waals surface area contributed by atoms with Crippen LogP contribution >= 0.6 is 11.8 Å². The molecule has 0 amide bonds. The van der Waals surface area contributed by atoms with E-state index in [0.29, 0.717) is 18.1 Å². The summed E-state index contributed by atoms with van der Waals surface area (Å²) in [5.74, 6) is 0. The molecule has 0 radical (unpaired) electrons. The molecule has 2 atom stereocenters. The van der Waals surface area contributed by atoms with E-state index < -0.39 is 0 Å². The van der Waals surface area contributed by atoms with Crippen molar-refractivity contribution in [2.75, 3.05) is 17.7 Å². The zero-order chi connectivity index (χ0) is 14.8. The summed E-state index contributed by atoms with van der Waals surface area (Å²) in [7, 11) is 0. The minimum Gasteiger partial charge on any atom is -0.368 e. The third-order valence-electron chi connectivity index (χ3n) is 4.88. The molecule has 2 saturated heterocycles. The highest BCUT2D eigenvalue weighted by molar-refractivity contribution is 7.98. The minimum absolute atomic E-state index is 0.568. The van der Waals surface area contributed by atoms with Gasteiger partial charge in [0.25, 0.3) is 0 Å². The number of nitrogens with zero attached hydrogens (tertiary/aromatic N) is 2. The standard InChI is InChI=1S/C17H23N3S/c1-3-20(14-9-12-7-8-13(10-14)19-12)16-5-4-6-17(21-2)15(16)11-18/h4-6,12-14,19H,3,7-10H2,1-2H3. The van der Waals surface area contributed by atoms with Crippen molar-refractivity contribution in [3.8, 4) is 6.07 Å². The van der Waals surface area contributed by atoms with Gasteiger partial charge in [0.1, 0.15) is 6.07 Å². The van der Waals surface area contributed by atoms with Crippen molar-refractivity contribution >= 4 is 17.4 Å². The van der Waals surface area contributed by atoms with Crippen LogP contribution in [0.3, 0.4) is 0 Å². The van der Waals surface area contributed by atoms with Gasteiger partial charge >= 0.3 is 0 Å². The third kappa shape index (κ3) is 2.77. The molecule has 112 valence electrons. The minimum atomic E-state index is 0.568. The Kier molecular flexibility index (Phi) is 4.42. The number of hydrogen-bond acceptors (Lipinski definition) is 4. The van der Waals surface area contributed by atoms with Gasteiger partial charge in [0.2, 0.25) is 0 Å². The number of fused-ring (bicyclic) bond motifs is 2. The predicted molar refractivity (Wildman–Crippen MR) is 88.9 cm³/mol. The molecule has 1 aromatic rings. The van der Waals surface area contributed by atoms with Gasteiger partial charge < -0.3 is 10.2 Å². The van der Waals surface area contributed by atoms with Crippen molar-refractivity contribution in [3.63, 3.8) is 0 Å². The molecule has 0 spiro atoms. The third-order valence-corrected chi connectivity index (χ3v) is 5.66. The topological polar surface area (TPSA) is 39.1 Å². The highest BCUT2D eigenvalue weighted by Gasteiger charge is 2.36. The van der Waals surface area contributed by atoms with Gasteiger partial charge in [-0.3, -0.25) is 0 Å². The predicted octanol–water partition coefficient (Wildman–Crippen LogP) is 3.39. The molecule has 1 N–H and O–H groups in total. The maximum absolute atomic E-state index is 9.59. The van der Waals surface area contributed by atoms with Crippen LogP contribution in [0.1, 0.15) is 38.2 Å². The van der Waals surface area contributed by atoms with Gasteiger partial charge in [-0.2, -0.15) is 5.26 Å². The molecule has 1 aromatic carbocycles. The number of nitrogens with one attached hydrogen (secondary N) is 1. The maximum atomic E-state index is 9.59. The number of anilines is 1. The second kappa shape index (κ2) is 6.29. The van der Waals surface area contributed by atoms with Crippen LogP contribution in [0.5, 0.6) is 0 Å². The van der Waals surface area contributed by atoms with Gasteiger partial charge in [0.15, 0.2) is 0 Å². The van der Waals surface area contributed by atoms with E-state index in [0.717, 1.165) is 22.7 Å². The quantitative estimate of drug-likeness (QED) is 0.865. The molecule has 21 heavy (non-hydrogen) atoms. The first-order valence-corrected chi connectivity index (χ1v) is 9.09. The van der Waals surface area contributed by atoms with Crippen molar-refractivity contribution < 1.29 is 0 Å². The summed E-state index contributed by atoms with van der Waals surface area (Å²) in [6, 6.07) is 10.6. The summed E-state index contributed by atoms with van der Waals surface area (Å²) in [5, 5.41) is 13.3. The normalized spacial score (nSPS) is 27.4. The largest absolute Gasteiger partial charge is 0.368 e. The Labute approximate surface area is 131 Å². The van der Waals surface area contributed by atoms with E-state index >= 15 is 0 Å². The lowest BCUT2D eigenvalue weighted by molar-refractivity contribution is 0.349.